The Bertz CT molecular complexity index is 419. The molecule has 5 heteroatoms. The predicted octanol–water partition coefficient (Wildman–Crippen LogP) is 1.89. The first-order valence-electron chi connectivity index (χ1n) is 6.70. The molecule has 1 aliphatic rings. The molecule has 0 spiro atoms. The van der Waals surface area contributed by atoms with Gasteiger partial charge in [-0.25, -0.2) is 9.98 Å². The molecule has 1 heterocycles. The van der Waals surface area contributed by atoms with Crippen LogP contribution in [0.4, 0.5) is 0 Å². The summed E-state index contributed by atoms with van der Waals surface area (Å²) >= 11 is 0. The highest BCUT2D eigenvalue weighted by Gasteiger charge is 2.15. The van der Waals surface area contributed by atoms with Gasteiger partial charge < -0.3 is 15.5 Å². The number of guanidine groups is 1. The fourth-order valence-electron chi connectivity index (χ4n) is 2.27. The lowest BCUT2D eigenvalue weighted by atomic mass is 10.2. The number of nitrogens with two attached hydrogens (primary N) is 1. The number of hydrogen-bond acceptors (Lipinski definition) is 3. The van der Waals surface area contributed by atoms with Crippen molar-refractivity contribution in [2.45, 2.75) is 58.5 Å². The average molecular weight is 250 g/mol. The zero-order valence-corrected chi connectivity index (χ0v) is 11.2. The topological polar surface area (TPSA) is 76.4 Å². The van der Waals surface area contributed by atoms with Crippen LogP contribution in [0, 0.1) is 6.92 Å². The molecule has 0 aromatic carbocycles. The largest absolute Gasteiger partial charge is 0.443 e. The lowest BCUT2D eigenvalue weighted by Crippen LogP contribution is -2.38. The van der Waals surface area contributed by atoms with Crippen LogP contribution in [0.15, 0.2) is 9.41 Å². The second kappa shape index (κ2) is 5.89. The zero-order chi connectivity index (χ0) is 13.0. The van der Waals surface area contributed by atoms with Gasteiger partial charge in [-0.15, -0.1) is 0 Å². The second-order valence-corrected chi connectivity index (χ2v) is 4.80. The molecule has 0 saturated heterocycles. The van der Waals surface area contributed by atoms with Crippen LogP contribution < -0.4 is 11.1 Å². The summed E-state index contributed by atoms with van der Waals surface area (Å²) in [6.07, 6.45) is 5.76. The minimum atomic E-state index is 0.463. The molecule has 100 valence electrons. The average Bonchev–Trinajstić information content (AvgIpc) is 2.96. The summed E-state index contributed by atoms with van der Waals surface area (Å²) in [5.74, 6) is 2.08. The molecular weight excluding hydrogens is 228 g/mol. The van der Waals surface area contributed by atoms with Crippen molar-refractivity contribution in [1.82, 2.24) is 10.3 Å². The molecule has 0 aliphatic heterocycles. The van der Waals surface area contributed by atoms with Gasteiger partial charge in [-0.05, 0) is 19.8 Å². The number of aryl methyl sites for hydroxylation is 2. The third-order valence-electron chi connectivity index (χ3n) is 3.34. The van der Waals surface area contributed by atoms with Crippen LogP contribution in [0.25, 0.3) is 0 Å². The van der Waals surface area contributed by atoms with Gasteiger partial charge in [0.2, 0.25) is 0 Å². The summed E-state index contributed by atoms with van der Waals surface area (Å²) in [6.45, 7) is 4.42. The number of nitrogens with one attached hydrogen (secondary N) is 1. The first-order chi connectivity index (χ1) is 8.69. The third-order valence-corrected chi connectivity index (χ3v) is 3.34. The van der Waals surface area contributed by atoms with Gasteiger partial charge in [0.15, 0.2) is 11.9 Å². The molecule has 0 amide bonds. The van der Waals surface area contributed by atoms with E-state index in [0.717, 1.165) is 23.8 Å². The Morgan fingerprint density at radius 2 is 2.22 bits per heavy atom. The molecule has 1 saturated carbocycles. The first kappa shape index (κ1) is 12.9. The molecule has 2 rings (SSSR count). The Hall–Kier alpha value is -1.52. The molecule has 1 fully saturated rings. The van der Waals surface area contributed by atoms with Crippen molar-refractivity contribution < 1.29 is 4.42 Å². The van der Waals surface area contributed by atoms with Gasteiger partial charge in [0, 0.05) is 12.5 Å². The summed E-state index contributed by atoms with van der Waals surface area (Å²) < 4.78 is 5.58. The molecular formula is C13H22N4O. The maximum atomic E-state index is 5.87. The van der Waals surface area contributed by atoms with E-state index in [2.05, 4.69) is 15.3 Å². The van der Waals surface area contributed by atoms with Crippen molar-refractivity contribution in [2.24, 2.45) is 10.7 Å². The Morgan fingerprint density at radius 3 is 2.83 bits per heavy atom. The maximum Gasteiger partial charge on any atom is 0.194 e. The van der Waals surface area contributed by atoms with Crippen LogP contribution in [0.5, 0.6) is 0 Å². The highest BCUT2D eigenvalue weighted by Crippen LogP contribution is 2.17. The minimum absolute atomic E-state index is 0.463. The van der Waals surface area contributed by atoms with Crippen molar-refractivity contribution >= 4 is 5.96 Å². The number of nitrogens with zero attached hydrogens (tertiary/aromatic N) is 2. The van der Waals surface area contributed by atoms with Crippen LogP contribution in [-0.2, 0) is 13.0 Å². The standard InChI is InChI=1S/C13H22N4O/c1-3-12-16-9(2)11(18-12)8-15-13(14)17-10-6-4-5-7-10/h10H,3-8H2,1-2H3,(H3,14,15,17). The van der Waals surface area contributed by atoms with Gasteiger partial charge in [0.05, 0.1) is 5.69 Å². The van der Waals surface area contributed by atoms with Crippen LogP contribution in [0.3, 0.4) is 0 Å². The Kier molecular flexibility index (Phi) is 4.23. The fraction of sp³-hybridized carbons (Fsp3) is 0.692. The molecule has 0 radical (unpaired) electrons. The van der Waals surface area contributed by atoms with Crippen molar-refractivity contribution in [3.05, 3.63) is 17.3 Å². The number of rotatable bonds is 4. The molecule has 0 bridgehead atoms. The van der Waals surface area contributed by atoms with E-state index >= 15 is 0 Å². The van der Waals surface area contributed by atoms with E-state index in [4.69, 9.17) is 10.2 Å². The zero-order valence-electron chi connectivity index (χ0n) is 11.2. The molecule has 0 atom stereocenters. The van der Waals surface area contributed by atoms with E-state index in [9.17, 15) is 0 Å². The van der Waals surface area contributed by atoms with E-state index in [1.54, 1.807) is 0 Å². The van der Waals surface area contributed by atoms with E-state index in [1.807, 2.05) is 13.8 Å². The number of aromatic nitrogens is 1. The van der Waals surface area contributed by atoms with Gasteiger partial charge in [0.1, 0.15) is 12.3 Å². The van der Waals surface area contributed by atoms with E-state index in [-0.39, 0.29) is 0 Å². The third kappa shape index (κ3) is 3.24. The first-order valence-corrected chi connectivity index (χ1v) is 6.70. The normalized spacial score (nSPS) is 17.3. The summed E-state index contributed by atoms with van der Waals surface area (Å²) in [6, 6.07) is 0.496. The van der Waals surface area contributed by atoms with Gasteiger partial charge in [-0.2, -0.15) is 0 Å². The van der Waals surface area contributed by atoms with Crippen molar-refractivity contribution in [1.29, 1.82) is 0 Å². The summed E-state index contributed by atoms with van der Waals surface area (Å²) in [5.41, 5.74) is 6.77. The van der Waals surface area contributed by atoms with Crippen LogP contribution >= 0.6 is 0 Å². The van der Waals surface area contributed by atoms with Crippen LogP contribution in [0.1, 0.15) is 50.0 Å². The summed E-state index contributed by atoms with van der Waals surface area (Å²) in [7, 11) is 0. The number of hydrogen-bond donors (Lipinski definition) is 2. The maximum absolute atomic E-state index is 5.87. The summed E-state index contributed by atoms with van der Waals surface area (Å²) in [5, 5.41) is 3.26. The molecule has 5 nitrogen and oxygen atoms in total. The van der Waals surface area contributed by atoms with Gasteiger partial charge in [-0.3, -0.25) is 0 Å². The monoisotopic (exact) mass is 250 g/mol. The quantitative estimate of drug-likeness (QED) is 0.632. The SMILES string of the molecule is CCc1nc(C)c(CN=C(N)NC2CCCC2)o1. The van der Waals surface area contributed by atoms with Gasteiger partial charge >= 0.3 is 0 Å². The van der Waals surface area contributed by atoms with E-state index in [1.165, 1.54) is 25.7 Å². The molecule has 3 N–H and O–H groups in total. The minimum Gasteiger partial charge on any atom is -0.443 e. The fourth-order valence-corrected chi connectivity index (χ4v) is 2.27. The van der Waals surface area contributed by atoms with Gasteiger partial charge in [-0.1, -0.05) is 19.8 Å². The highest BCUT2D eigenvalue weighted by atomic mass is 16.4. The summed E-state index contributed by atoms with van der Waals surface area (Å²) in [4.78, 5) is 8.63. The molecule has 1 aromatic heterocycles. The highest BCUT2D eigenvalue weighted by molar-refractivity contribution is 5.78. The lowest BCUT2D eigenvalue weighted by molar-refractivity contribution is 0.460. The number of oxazole rings is 1. The second-order valence-electron chi connectivity index (χ2n) is 4.80. The van der Waals surface area contributed by atoms with Crippen LogP contribution in [-0.4, -0.2) is 17.0 Å². The lowest BCUT2D eigenvalue weighted by Gasteiger charge is -2.11. The smallest absolute Gasteiger partial charge is 0.194 e. The Labute approximate surface area is 108 Å². The Balaban J connectivity index is 1.89. The van der Waals surface area contributed by atoms with Crippen molar-refractivity contribution in [3.63, 3.8) is 0 Å². The van der Waals surface area contributed by atoms with Crippen LogP contribution in [0.2, 0.25) is 0 Å². The van der Waals surface area contributed by atoms with E-state index < -0.39 is 0 Å². The molecule has 18 heavy (non-hydrogen) atoms. The predicted molar refractivity (Wildman–Crippen MR) is 71.3 cm³/mol. The number of aliphatic imine (C=N–C) groups is 1. The van der Waals surface area contributed by atoms with E-state index in [0.29, 0.717) is 18.5 Å². The van der Waals surface area contributed by atoms with Crippen molar-refractivity contribution in [3.8, 4) is 0 Å². The Morgan fingerprint density at radius 1 is 1.50 bits per heavy atom. The molecule has 0 unspecified atom stereocenters. The molecule has 1 aromatic rings. The van der Waals surface area contributed by atoms with Crippen molar-refractivity contribution in [2.75, 3.05) is 0 Å². The molecule has 1 aliphatic carbocycles. The van der Waals surface area contributed by atoms with Gasteiger partial charge in [0.25, 0.3) is 0 Å².